The van der Waals surface area contributed by atoms with Crippen LogP contribution >= 0.6 is 0 Å². The molecule has 0 aliphatic carbocycles. The van der Waals surface area contributed by atoms with Gasteiger partial charge in [0.25, 0.3) is 11.8 Å². The molecule has 170 valence electrons. The van der Waals surface area contributed by atoms with Crippen LogP contribution in [0.15, 0.2) is 72.4 Å². The molecule has 0 bridgehead atoms. The van der Waals surface area contributed by atoms with Gasteiger partial charge >= 0.3 is 0 Å². The Hall–Kier alpha value is -4.37. The molecule has 0 atom stereocenters. The fraction of sp³-hybridized carbons (Fsp3) is 0.179. The molecule has 0 saturated heterocycles. The van der Waals surface area contributed by atoms with Gasteiger partial charge in [0.15, 0.2) is 0 Å². The lowest BCUT2D eigenvalue weighted by Gasteiger charge is -2.15. The summed E-state index contributed by atoms with van der Waals surface area (Å²) in [4.78, 5) is 28.2. The molecule has 0 aromatic heterocycles. The van der Waals surface area contributed by atoms with E-state index in [-0.39, 0.29) is 11.8 Å². The second-order valence-electron chi connectivity index (χ2n) is 8.47. The highest BCUT2D eigenvalue weighted by Crippen LogP contribution is 2.34. The van der Waals surface area contributed by atoms with Crippen molar-refractivity contribution in [3.8, 4) is 11.8 Å². The normalized spacial score (nSPS) is 13.5. The Bertz CT molecular complexity index is 1330. The van der Waals surface area contributed by atoms with Crippen molar-refractivity contribution in [2.24, 2.45) is 0 Å². The van der Waals surface area contributed by atoms with Gasteiger partial charge < -0.3 is 10.1 Å². The van der Waals surface area contributed by atoms with E-state index in [1.54, 1.807) is 24.3 Å². The molecule has 1 heterocycles. The number of aryl methyl sites for hydroxylation is 2. The number of imide groups is 1. The maximum atomic E-state index is 13.6. The molecule has 0 saturated carbocycles. The summed E-state index contributed by atoms with van der Waals surface area (Å²) in [6, 6.07) is 21.4. The van der Waals surface area contributed by atoms with Gasteiger partial charge in [-0.15, -0.1) is 0 Å². The highest BCUT2D eigenvalue weighted by molar-refractivity contribution is 6.46. The molecule has 3 aromatic carbocycles. The van der Waals surface area contributed by atoms with Crippen molar-refractivity contribution in [3.63, 3.8) is 0 Å². The van der Waals surface area contributed by atoms with Gasteiger partial charge in [0, 0.05) is 5.69 Å². The Labute approximate surface area is 199 Å². The zero-order valence-corrected chi connectivity index (χ0v) is 19.5. The zero-order valence-electron chi connectivity index (χ0n) is 19.5. The number of rotatable bonds is 6. The molecule has 6 heteroatoms. The number of nitrogens with zero attached hydrogens (tertiary/aromatic N) is 2. The number of hydrogen-bond donors (Lipinski definition) is 1. The number of ether oxygens (including phenoxy) is 1. The number of anilines is 2. The highest BCUT2D eigenvalue weighted by Gasteiger charge is 2.40. The lowest BCUT2D eigenvalue weighted by atomic mass is 9.99. The third kappa shape index (κ3) is 4.41. The first-order valence-corrected chi connectivity index (χ1v) is 11.0. The van der Waals surface area contributed by atoms with E-state index in [4.69, 9.17) is 10.00 Å². The van der Waals surface area contributed by atoms with Gasteiger partial charge in [-0.2, -0.15) is 5.26 Å². The second-order valence-corrected chi connectivity index (χ2v) is 8.47. The van der Waals surface area contributed by atoms with E-state index in [9.17, 15) is 9.59 Å². The van der Waals surface area contributed by atoms with Crippen molar-refractivity contribution in [2.75, 3.05) is 10.2 Å². The summed E-state index contributed by atoms with van der Waals surface area (Å²) in [5.74, 6) is -0.150. The van der Waals surface area contributed by atoms with E-state index in [1.807, 2.05) is 76.2 Å². The summed E-state index contributed by atoms with van der Waals surface area (Å²) in [5, 5.41) is 12.3. The maximum Gasteiger partial charge on any atom is 0.282 e. The summed E-state index contributed by atoms with van der Waals surface area (Å²) in [6.07, 6.45) is 0.0490. The van der Waals surface area contributed by atoms with Gasteiger partial charge in [-0.3, -0.25) is 9.59 Å². The Morgan fingerprint density at radius 2 is 1.56 bits per heavy atom. The van der Waals surface area contributed by atoms with Crippen molar-refractivity contribution in [1.29, 1.82) is 5.26 Å². The van der Waals surface area contributed by atoms with Crippen LogP contribution < -0.4 is 15.0 Å². The third-order valence-electron chi connectivity index (χ3n) is 5.63. The molecule has 1 N–H and O–H groups in total. The van der Waals surface area contributed by atoms with E-state index < -0.39 is 11.8 Å². The van der Waals surface area contributed by atoms with Gasteiger partial charge in [-0.1, -0.05) is 18.2 Å². The smallest absolute Gasteiger partial charge is 0.282 e. The lowest BCUT2D eigenvalue weighted by molar-refractivity contribution is -0.120. The quantitative estimate of drug-likeness (QED) is 0.510. The number of hydrogen-bond acceptors (Lipinski definition) is 5. The SMILES string of the molecule is Cc1ccc(C2=C(Nc3ccc(OC(C)C)cc3)C(=O)N(c3ccc(C#N)cc3)C2=O)cc1C. The van der Waals surface area contributed by atoms with Crippen molar-refractivity contribution in [3.05, 3.63) is 94.7 Å². The van der Waals surface area contributed by atoms with Crippen molar-refractivity contribution in [2.45, 2.75) is 33.8 Å². The van der Waals surface area contributed by atoms with Crippen LogP contribution in [0, 0.1) is 25.2 Å². The zero-order chi connectivity index (χ0) is 24.4. The predicted octanol–water partition coefficient (Wildman–Crippen LogP) is 5.36. The minimum absolute atomic E-state index is 0.0490. The monoisotopic (exact) mass is 451 g/mol. The molecular formula is C28H25N3O3. The van der Waals surface area contributed by atoms with Crippen LogP contribution in [-0.4, -0.2) is 17.9 Å². The van der Waals surface area contributed by atoms with Crippen LogP contribution in [0.1, 0.15) is 36.1 Å². The molecule has 0 spiro atoms. The minimum Gasteiger partial charge on any atom is -0.491 e. The second kappa shape index (κ2) is 9.24. The van der Waals surface area contributed by atoms with E-state index in [1.165, 1.54) is 0 Å². The van der Waals surface area contributed by atoms with Crippen LogP contribution in [0.2, 0.25) is 0 Å². The number of benzene rings is 3. The molecule has 3 aromatic rings. The van der Waals surface area contributed by atoms with Gasteiger partial charge in [-0.25, -0.2) is 4.90 Å². The summed E-state index contributed by atoms with van der Waals surface area (Å²) < 4.78 is 5.69. The number of nitrogens with one attached hydrogen (secondary N) is 1. The van der Waals surface area contributed by atoms with Crippen LogP contribution in [-0.2, 0) is 9.59 Å². The molecule has 2 amide bonds. The first-order chi connectivity index (χ1) is 16.3. The topological polar surface area (TPSA) is 82.4 Å². The van der Waals surface area contributed by atoms with Gasteiger partial charge in [0.1, 0.15) is 11.4 Å². The van der Waals surface area contributed by atoms with Crippen molar-refractivity contribution < 1.29 is 14.3 Å². The lowest BCUT2D eigenvalue weighted by Crippen LogP contribution is -2.32. The fourth-order valence-electron chi connectivity index (χ4n) is 3.76. The first kappa shape index (κ1) is 22.8. The summed E-state index contributed by atoms with van der Waals surface area (Å²) >= 11 is 0. The van der Waals surface area contributed by atoms with Crippen LogP contribution in [0.5, 0.6) is 5.75 Å². The Morgan fingerprint density at radius 1 is 0.882 bits per heavy atom. The molecule has 0 unspecified atom stereocenters. The molecule has 0 fully saturated rings. The van der Waals surface area contributed by atoms with Gasteiger partial charge in [0.05, 0.1) is 29.0 Å². The number of carbonyl (C=O) groups is 2. The highest BCUT2D eigenvalue weighted by atomic mass is 16.5. The minimum atomic E-state index is -0.453. The molecule has 34 heavy (non-hydrogen) atoms. The molecule has 6 nitrogen and oxygen atoms in total. The number of amides is 2. The predicted molar refractivity (Wildman–Crippen MR) is 132 cm³/mol. The average Bonchev–Trinajstić information content (AvgIpc) is 3.06. The molecule has 1 aliphatic rings. The van der Waals surface area contributed by atoms with Gasteiger partial charge in [0.2, 0.25) is 0 Å². The third-order valence-corrected chi connectivity index (χ3v) is 5.63. The molecule has 1 aliphatic heterocycles. The van der Waals surface area contributed by atoms with Crippen LogP contribution in [0.3, 0.4) is 0 Å². The standard InChI is InChI=1S/C28H25N3O3/c1-17(2)34-24-13-9-22(10-14-24)30-26-25(21-8-5-18(3)19(4)15-21)27(32)31(28(26)33)23-11-6-20(16-29)7-12-23/h5-15,17,30H,1-4H3. The van der Waals surface area contributed by atoms with Gasteiger partial charge in [-0.05, 0) is 92.9 Å². The largest absolute Gasteiger partial charge is 0.491 e. The van der Waals surface area contributed by atoms with E-state index in [0.717, 1.165) is 21.8 Å². The molecule has 4 rings (SSSR count). The Kier molecular flexibility index (Phi) is 6.20. The number of carbonyl (C=O) groups excluding carboxylic acids is 2. The summed E-state index contributed by atoms with van der Waals surface area (Å²) in [5.41, 5.74) is 4.82. The maximum absolute atomic E-state index is 13.6. The van der Waals surface area contributed by atoms with E-state index in [2.05, 4.69) is 5.32 Å². The molecular weight excluding hydrogens is 426 g/mol. The van der Waals surface area contributed by atoms with Crippen LogP contribution in [0.4, 0.5) is 11.4 Å². The van der Waals surface area contributed by atoms with Crippen LogP contribution in [0.25, 0.3) is 5.57 Å². The van der Waals surface area contributed by atoms with E-state index in [0.29, 0.717) is 28.1 Å². The molecule has 0 radical (unpaired) electrons. The van der Waals surface area contributed by atoms with Crippen molar-refractivity contribution >= 4 is 28.8 Å². The fourth-order valence-corrected chi connectivity index (χ4v) is 3.76. The van der Waals surface area contributed by atoms with Crippen molar-refractivity contribution in [1.82, 2.24) is 0 Å². The summed E-state index contributed by atoms with van der Waals surface area (Å²) in [6.45, 7) is 7.87. The Morgan fingerprint density at radius 3 is 2.15 bits per heavy atom. The average molecular weight is 452 g/mol. The Balaban J connectivity index is 1.76. The summed E-state index contributed by atoms with van der Waals surface area (Å²) in [7, 11) is 0. The van der Waals surface area contributed by atoms with E-state index >= 15 is 0 Å². The number of nitriles is 1. The first-order valence-electron chi connectivity index (χ1n) is 11.0.